The van der Waals surface area contributed by atoms with E-state index in [4.69, 9.17) is 37.9 Å². The SMILES string of the molecule is CC.CC.COc1ccc(OC)cc1.Cc1ccc(Oc2ccc(Oc3ccc(C)cc3)cc2)cc1.Cc1ccc(Oc2cccc(Oc3ccc(C)cc3)c2)cc1.Cc1cccc(Oc2ccc(Oc3cccc(C)c3)cc2)c1.c1ccccc1.c1ccccc1. The molecule has 0 amide bonds. The van der Waals surface area contributed by atoms with E-state index in [1.807, 2.05) is 357 Å². The number of rotatable bonds is 14. The van der Waals surface area contributed by atoms with Crippen LogP contribution in [0.1, 0.15) is 61.1 Å². The fourth-order valence-corrected chi connectivity index (χ4v) is 7.83. The van der Waals surface area contributed by atoms with Gasteiger partial charge in [0.25, 0.3) is 0 Å². The van der Waals surface area contributed by atoms with Gasteiger partial charge in [-0.15, -0.1) is 0 Å². The minimum atomic E-state index is 0.758. The molecule has 0 aliphatic rings. The molecule has 8 heteroatoms. The molecule has 0 unspecified atom stereocenters. The average Bonchev–Trinajstić information content (AvgIpc) is 2.05. The van der Waals surface area contributed by atoms with Crippen LogP contribution in [0.4, 0.5) is 0 Å². The molecule has 0 radical (unpaired) electrons. The smallest absolute Gasteiger partial charge is 0.131 e. The Balaban J connectivity index is 0.000000210. The van der Waals surface area contributed by atoms with Crippen LogP contribution in [0.2, 0.25) is 0 Å². The zero-order chi connectivity index (χ0) is 66.0. The summed E-state index contributed by atoms with van der Waals surface area (Å²) in [5.41, 5.74) is 7.21. The summed E-state index contributed by atoms with van der Waals surface area (Å²) in [5.74, 6) is 11.4. The second kappa shape index (κ2) is 42.1. The summed E-state index contributed by atoms with van der Waals surface area (Å²) < 4.78 is 44.9. The van der Waals surface area contributed by atoms with Crippen molar-refractivity contribution >= 4 is 0 Å². The van der Waals surface area contributed by atoms with E-state index in [0.717, 1.165) is 80.5 Å². The van der Waals surface area contributed by atoms with Crippen molar-refractivity contribution in [3.63, 3.8) is 0 Å². The first-order valence-corrected chi connectivity index (χ1v) is 30.9. The Morgan fingerprint density at radius 3 is 0.511 bits per heavy atom. The second-order valence-corrected chi connectivity index (χ2v) is 20.1. The predicted octanol–water partition coefficient (Wildman–Crippen LogP) is 24.8. The van der Waals surface area contributed by atoms with E-state index in [1.54, 1.807) is 14.2 Å². The van der Waals surface area contributed by atoms with Crippen LogP contribution < -0.4 is 37.9 Å². The van der Waals surface area contributed by atoms with Crippen LogP contribution >= 0.6 is 0 Å². The van der Waals surface area contributed by atoms with Crippen LogP contribution in [-0.4, -0.2) is 14.2 Å². The molecule has 0 fully saturated rings. The molecule has 0 bridgehead atoms. The highest BCUT2D eigenvalue weighted by molar-refractivity contribution is 5.43. The number of methoxy groups -OCH3 is 2. The van der Waals surface area contributed by atoms with Crippen molar-refractivity contribution in [1.82, 2.24) is 0 Å². The molecule has 12 rings (SSSR count). The Bertz CT molecular complexity index is 3520. The van der Waals surface area contributed by atoms with E-state index in [2.05, 4.69) is 27.7 Å². The van der Waals surface area contributed by atoms with Crippen LogP contribution in [0.15, 0.2) is 315 Å². The first-order chi connectivity index (χ1) is 44.9. The summed E-state index contributed by atoms with van der Waals surface area (Å²) in [6.45, 7) is 20.3. The van der Waals surface area contributed by atoms with E-state index < -0.39 is 0 Å². The van der Waals surface area contributed by atoms with Crippen LogP contribution in [0.25, 0.3) is 0 Å². The van der Waals surface area contributed by atoms with Crippen molar-refractivity contribution in [2.75, 3.05) is 14.2 Å². The Hall–Kier alpha value is -11.0. The molecule has 12 aromatic rings. The number of hydrogen-bond donors (Lipinski definition) is 0. The van der Waals surface area contributed by atoms with Crippen molar-refractivity contribution in [3.8, 4) is 80.5 Å². The van der Waals surface area contributed by atoms with E-state index in [9.17, 15) is 0 Å². The quantitative estimate of drug-likeness (QED) is 0.107. The van der Waals surface area contributed by atoms with Crippen molar-refractivity contribution in [3.05, 3.63) is 349 Å². The highest BCUT2D eigenvalue weighted by Crippen LogP contribution is 2.31. The average molecular weight is 1230 g/mol. The van der Waals surface area contributed by atoms with Gasteiger partial charge in [-0.1, -0.05) is 202 Å². The van der Waals surface area contributed by atoms with Gasteiger partial charge in [-0.2, -0.15) is 0 Å². The number of ether oxygens (including phenoxy) is 8. The first-order valence-electron chi connectivity index (χ1n) is 30.9. The van der Waals surface area contributed by atoms with Gasteiger partial charge < -0.3 is 37.9 Å². The molecule has 0 N–H and O–H groups in total. The van der Waals surface area contributed by atoms with Gasteiger partial charge in [0, 0.05) is 6.07 Å². The van der Waals surface area contributed by atoms with Crippen LogP contribution in [0.3, 0.4) is 0 Å². The fraction of sp³-hybridized carbons (Fsp3) is 0.143. The second-order valence-electron chi connectivity index (χ2n) is 20.1. The van der Waals surface area contributed by atoms with E-state index in [-0.39, 0.29) is 0 Å². The lowest BCUT2D eigenvalue weighted by molar-refractivity contribution is 0.403. The van der Waals surface area contributed by atoms with Crippen LogP contribution in [-0.2, 0) is 0 Å². The monoisotopic (exact) mass is 1220 g/mol. The number of hydrogen-bond acceptors (Lipinski definition) is 8. The maximum absolute atomic E-state index is 5.85. The van der Waals surface area contributed by atoms with Crippen LogP contribution in [0.5, 0.6) is 80.5 Å². The molecule has 0 atom stereocenters. The normalized spacial score (nSPS) is 9.52. The Morgan fingerprint density at radius 1 is 0.152 bits per heavy atom. The standard InChI is InChI=1S/3C20H18O2.C8H10O2.2C6H6.2C2H6/c1-15-3-7-17(8-4-15)21-19-11-13-20(14-12-19)22-18-9-5-16(2)6-10-18;1-15-5-3-7-19(13-15)21-17-9-11-18(12-10-17)22-20-8-4-6-16(2)14-20;1-15-6-10-17(11-7-15)21-19-4-3-5-20(14-19)22-18-12-8-16(2)9-13-18;1-9-7-3-5-8(10-2)6-4-7;2*1-2-4-6-5-3-1;2*1-2/h3*3-14H,1-2H3;3-6H,1-2H3;2*1-6H;2*1-2H3. The maximum atomic E-state index is 5.85. The van der Waals surface area contributed by atoms with Crippen molar-refractivity contribution in [2.45, 2.75) is 69.2 Å². The maximum Gasteiger partial charge on any atom is 0.131 e. The topological polar surface area (TPSA) is 73.8 Å². The molecule has 0 aliphatic carbocycles. The lowest BCUT2D eigenvalue weighted by atomic mass is 10.2. The molecule has 0 saturated heterocycles. The number of benzene rings is 12. The van der Waals surface area contributed by atoms with Gasteiger partial charge in [0.1, 0.15) is 80.5 Å². The van der Waals surface area contributed by atoms with Gasteiger partial charge in [-0.25, -0.2) is 0 Å². The summed E-state index contributed by atoms with van der Waals surface area (Å²) in [5, 5.41) is 0. The fourth-order valence-electron chi connectivity index (χ4n) is 7.83. The van der Waals surface area contributed by atoms with E-state index in [1.165, 1.54) is 33.4 Å². The molecule has 0 aliphatic heterocycles. The molecule has 12 aromatic carbocycles. The van der Waals surface area contributed by atoms with Gasteiger partial charge in [0.05, 0.1) is 14.2 Å². The highest BCUT2D eigenvalue weighted by atomic mass is 16.5. The molecule has 0 aromatic heterocycles. The Labute approximate surface area is 547 Å². The van der Waals surface area contributed by atoms with Gasteiger partial charge >= 0.3 is 0 Å². The lowest BCUT2D eigenvalue weighted by Crippen LogP contribution is -1.87. The van der Waals surface area contributed by atoms with E-state index >= 15 is 0 Å². The van der Waals surface area contributed by atoms with Gasteiger partial charge in [0.15, 0.2) is 0 Å². The molecule has 92 heavy (non-hydrogen) atoms. The third-order valence-electron chi connectivity index (χ3n) is 12.6. The van der Waals surface area contributed by atoms with Gasteiger partial charge in [-0.3, -0.25) is 0 Å². The van der Waals surface area contributed by atoms with Crippen molar-refractivity contribution in [1.29, 1.82) is 0 Å². The zero-order valence-electron chi connectivity index (χ0n) is 55.3. The summed E-state index contributed by atoms with van der Waals surface area (Å²) >= 11 is 0. The first kappa shape index (κ1) is 71.8. The van der Waals surface area contributed by atoms with Crippen molar-refractivity contribution < 1.29 is 37.9 Å². The lowest BCUT2D eigenvalue weighted by Gasteiger charge is -2.09. The minimum absolute atomic E-state index is 0.758. The third kappa shape index (κ3) is 28.9. The molecular formula is C84H88O8. The highest BCUT2D eigenvalue weighted by Gasteiger charge is 2.05. The summed E-state index contributed by atoms with van der Waals surface area (Å²) in [6, 6.07) is 102. The van der Waals surface area contributed by atoms with E-state index in [0.29, 0.717) is 0 Å². The molecule has 8 nitrogen and oxygen atoms in total. The molecular weight excluding hydrogens is 1140 g/mol. The molecule has 0 heterocycles. The van der Waals surface area contributed by atoms with Crippen LogP contribution in [0, 0.1) is 41.5 Å². The van der Waals surface area contributed by atoms with Crippen molar-refractivity contribution in [2.24, 2.45) is 0 Å². The molecule has 472 valence electrons. The number of aryl methyl sites for hydroxylation is 6. The third-order valence-corrected chi connectivity index (χ3v) is 12.6. The minimum Gasteiger partial charge on any atom is -0.497 e. The van der Waals surface area contributed by atoms with Gasteiger partial charge in [-0.05, 0) is 210 Å². The summed E-state index contributed by atoms with van der Waals surface area (Å²) in [7, 11) is 3.28. The molecule has 0 spiro atoms. The molecule has 0 saturated carbocycles. The largest absolute Gasteiger partial charge is 0.497 e. The summed E-state index contributed by atoms with van der Waals surface area (Å²) in [4.78, 5) is 0. The summed E-state index contributed by atoms with van der Waals surface area (Å²) in [6.07, 6.45) is 0. The predicted molar refractivity (Wildman–Crippen MR) is 382 cm³/mol. The Morgan fingerprint density at radius 2 is 0.315 bits per heavy atom. The zero-order valence-corrected chi connectivity index (χ0v) is 55.3. The Kier molecular flexibility index (Phi) is 32.8. The van der Waals surface area contributed by atoms with Gasteiger partial charge in [0.2, 0.25) is 0 Å².